The first-order chi connectivity index (χ1) is 22.0. The van der Waals surface area contributed by atoms with Crippen LogP contribution in [-0.4, -0.2) is 27.1 Å². The first-order valence-electron chi connectivity index (χ1n) is 14.9. The second-order valence-electron chi connectivity index (χ2n) is 11.7. The zero-order valence-corrected chi connectivity index (χ0v) is 24.8. The Morgan fingerprint density at radius 1 is 0.935 bits per heavy atom. The van der Waals surface area contributed by atoms with Gasteiger partial charge in [-0.15, -0.1) is 0 Å². The van der Waals surface area contributed by atoms with Crippen molar-refractivity contribution in [1.82, 2.24) is 14.0 Å². The van der Waals surface area contributed by atoms with Gasteiger partial charge in [0.1, 0.15) is 11.4 Å². The van der Waals surface area contributed by atoms with E-state index in [1.165, 1.54) is 0 Å². The normalized spacial score (nSPS) is 16.7. The number of hydrogen-bond acceptors (Lipinski definition) is 6. The molecule has 0 saturated carbocycles. The third kappa shape index (κ3) is 5.77. The van der Waals surface area contributed by atoms with Crippen molar-refractivity contribution in [3.8, 4) is 6.07 Å². The predicted octanol–water partition coefficient (Wildman–Crippen LogP) is 4.81. The van der Waals surface area contributed by atoms with Crippen LogP contribution >= 0.6 is 0 Å². The van der Waals surface area contributed by atoms with Crippen molar-refractivity contribution in [2.45, 2.75) is 56.9 Å². The molecule has 2 aliphatic rings. The third-order valence-electron chi connectivity index (χ3n) is 9.02. The summed E-state index contributed by atoms with van der Waals surface area (Å²) in [6.45, 7) is 0.305. The molecule has 2 aliphatic heterocycles. The smallest absolute Gasteiger partial charge is 0.364 e. The number of rotatable bonds is 7. The molecule has 3 aromatic carbocycles. The maximum absolute atomic E-state index is 15.0. The maximum Gasteiger partial charge on any atom is 0.416 e. The standard InChI is InChI=1S/C34H31F4N5O3/c35-27-12-6-11-26(34(36,37)38)25(27)19-42-29-21-46-33(13-15-41(16-14-33)18-24-10-5-4-9-23(24)17-39)30(29)31(44)43(32(42)45)20-28(40)22-7-2-1-3-8-22/h1-12,28H,13-16,18-21,40H2/t28-/m0/s1. The fourth-order valence-corrected chi connectivity index (χ4v) is 6.57. The monoisotopic (exact) mass is 633 g/mol. The Bertz CT molecular complexity index is 1920. The number of likely N-dealkylation sites (tertiary alicyclic amines) is 1. The molecule has 46 heavy (non-hydrogen) atoms. The first kappa shape index (κ1) is 31.4. The summed E-state index contributed by atoms with van der Waals surface area (Å²) in [5, 5.41) is 9.50. The molecular weight excluding hydrogens is 602 g/mol. The summed E-state index contributed by atoms with van der Waals surface area (Å²) >= 11 is 0. The van der Waals surface area contributed by atoms with Gasteiger partial charge in [-0.3, -0.25) is 18.8 Å². The average Bonchev–Trinajstić information content (AvgIpc) is 3.41. The number of hydrogen-bond donors (Lipinski definition) is 1. The minimum atomic E-state index is -4.87. The van der Waals surface area contributed by atoms with Crippen molar-refractivity contribution in [2.75, 3.05) is 13.1 Å². The molecule has 1 fully saturated rings. The van der Waals surface area contributed by atoms with Gasteiger partial charge < -0.3 is 10.5 Å². The van der Waals surface area contributed by atoms with Crippen LogP contribution in [0.2, 0.25) is 0 Å². The fourth-order valence-electron chi connectivity index (χ4n) is 6.57. The number of benzene rings is 3. The molecule has 8 nitrogen and oxygen atoms in total. The summed E-state index contributed by atoms with van der Waals surface area (Å²) in [6.07, 6.45) is -4.15. The van der Waals surface area contributed by atoms with Gasteiger partial charge in [-0.2, -0.15) is 18.4 Å². The van der Waals surface area contributed by atoms with Crippen LogP contribution in [0.5, 0.6) is 0 Å². The summed E-state index contributed by atoms with van der Waals surface area (Å²) in [4.78, 5) is 30.3. The van der Waals surface area contributed by atoms with Gasteiger partial charge in [0.05, 0.1) is 48.1 Å². The number of aromatic nitrogens is 2. The molecule has 1 atom stereocenters. The molecule has 0 unspecified atom stereocenters. The van der Waals surface area contributed by atoms with Gasteiger partial charge in [-0.25, -0.2) is 9.18 Å². The molecule has 1 aromatic heterocycles. The van der Waals surface area contributed by atoms with Crippen molar-refractivity contribution in [1.29, 1.82) is 5.26 Å². The van der Waals surface area contributed by atoms with Gasteiger partial charge in [0.2, 0.25) is 0 Å². The summed E-state index contributed by atoms with van der Waals surface area (Å²) in [5.74, 6) is -1.12. The molecule has 0 radical (unpaired) electrons. The van der Waals surface area contributed by atoms with Crippen molar-refractivity contribution < 1.29 is 22.3 Å². The highest BCUT2D eigenvalue weighted by molar-refractivity contribution is 5.38. The Labute approximate surface area is 261 Å². The van der Waals surface area contributed by atoms with E-state index in [1.807, 2.05) is 12.1 Å². The molecule has 3 heterocycles. The summed E-state index contributed by atoms with van der Waals surface area (Å²) in [7, 11) is 0. The molecular formula is C34H31F4N5O3. The fraction of sp³-hybridized carbons (Fsp3) is 0.324. The SMILES string of the molecule is N#Cc1ccccc1CN1CCC2(CC1)OCc1c2c(=O)n(C[C@H](N)c2ccccc2)c(=O)n1Cc1c(F)cccc1C(F)(F)F. The van der Waals surface area contributed by atoms with Gasteiger partial charge in [0.25, 0.3) is 5.56 Å². The predicted molar refractivity (Wildman–Crippen MR) is 161 cm³/mol. The Kier molecular flexibility index (Phi) is 8.41. The minimum Gasteiger partial charge on any atom is -0.364 e. The van der Waals surface area contributed by atoms with Crippen LogP contribution < -0.4 is 17.0 Å². The van der Waals surface area contributed by atoms with Crippen LogP contribution in [0.3, 0.4) is 0 Å². The van der Waals surface area contributed by atoms with E-state index in [4.69, 9.17) is 10.5 Å². The molecule has 0 aliphatic carbocycles. The van der Waals surface area contributed by atoms with E-state index in [2.05, 4.69) is 11.0 Å². The quantitative estimate of drug-likeness (QED) is 0.293. The topological polar surface area (TPSA) is 106 Å². The van der Waals surface area contributed by atoms with E-state index in [-0.39, 0.29) is 24.4 Å². The lowest BCUT2D eigenvalue weighted by Crippen LogP contribution is -2.49. The Hall–Kier alpha value is -4.57. The lowest BCUT2D eigenvalue weighted by Gasteiger charge is -2.39. The molecule has 0 bridgehead atoms. The number of ether oxygens (including phenoxy) is 1. The highest BCUT2D eigenvalue weighted by atomic mass is 19.4. The molecule has 4 aromatic rings. The first-order valence-corrected chi connectivity index (χ1v) is 14.9. The van der Waals surface area contributed by atoms with E-state index in [9.17, 15) is 28.0 Å². The van der Waals surface area contributed by atoms with Gasteiger partial charge in [0, 0.05) is 31.2 Å². The number of halogens is 4. The van der Waals surface area contributed by atoms with Crippen LogP contribution in [0.1, 0.15) is 58.0 Å². The molecule has 6 rings (SSSR count). The van der Waals surface area contributed by atoms with Crippen LogP contribution in [0.25, 0.3) is 0 Å². The Morgan fingerprint density at radius 2 is 1.63 bits per heavy atom. The largest absolute Gasteiger partial charge is 0.416 e. The second kappa shape index (κ2) is 12.3. The highest BCUT2D eigenvalue weighted by Crippen LogP contribution is 2.43. The summed E-state index contributed by atoms with van der Waals surface area (Å²) in [5.41, 5.74) is 4.33. The number of nitriles is 1. The lowest BCUT2D eigenvalue weighted by molar-refractivity contribution is -0.138. The van der Waals surface area contributed by atoms with E-state index in [0.717, 1.165) is 32.9 Å². The average molecular weight is 634 g/mol. The van der Waals surface area contributed by atoms with E-state index in [0.29, 0.717) is 43.6 Å². The van der Waals surface area contributed by atoms with Crippen molar-refractivity contribution in [3.63, 3.8) is 0 Å². The zero-order valence-electron chi connectivity index (χ0n) is 24.8. The van der Waals surface area contributed by atoms with E-state index >= 15 is 4.39 Å². The van der Waals surface area contributed by atoms with E-state index in [1.54, 1.807) is 42.5 Å². The molecule has 1 saturated heterocycles. The number of piperidine rings is 1. The third-order valence-corrected chi connectivity index (χ3v) is 9.02. The molecule has 238 valence electrons. The van der Waals surface area contributed by atoms with Crippen LogP contribution in [-0.2, 0) is 42.8 Å². The maximum atomic E-state index is 15.0. The summed E-state index contributed by atoms with van der Waals surface area (Å²) < 4.78 is 65.2. The highest BCUT2D eigenvalue weighted by Gasteiger charge is 2.47. The van der Waals surface area contributed by atoms with Crippen molar-refractivity contribution >= 4 is 0 Å². The Morgan fingerprint density at radius 3 is 2.33 bits per heavy atom. The molecule has 2 N–H and O–H groups in total. The van der Waals surface area contributed by atoms with Crippen molar-refractivity contribution in [2.24, 2.45) is 5.73 Å². The number of fused-ring (bicyclic) bond motifs is 2. The molecule has 1 spiro atoms. The van der Waals surface area contributed by atoms with Crippen LogP contribution in [0.4, 0.5) is 17.6 Å². The van der Waals surface area contributed by atoms with Gasteiger partial charge >= 0.3 is 11.9 Å². The zero-order chi connectivity index (χ0) is 32.6. The van der Waals surface area contributed by atoms with E-state index < -0.39 is 52.6 Å². The van der Waals surface area contributed by atoms with Gasteiger partial charge in [-0.05, 0) is 42.2 Å². The Balaban J connectivity index is 1.42. The minimum absolute atomic E-state index is 0.138. The number of alkyl halides is 3. The van der Waals surface area contributed by atoms with Crippen molar-refractivity contribution in [3.05, 3.63) is 139 Å². The van der Waals surface area contributed by atoms with Crippen LogP contribution in [0, 0.1) is 17.1 Å². The lowest BCUT2D eigenvalue weighted by atomic mass is 9.85. The second-order valence-corrected chi connectivity index (χ2v) is 11.7. The van der Waals surface area contributed by atoms with Gasteiger partial charge in [0.15, 0.2) is 0 Å². The number of nitrogens with zero attached hydrogens (tertiary/aromatic N) is 4. The van der Waals surface area contributed by atoms with Gasteiger partial charge in [-0.1, -0.05) is 54.6 Å². The van der Waals surface area contributed by atoms with Crippen LogP contribution in [0.15, 0.2) is 82.4 Å². The summed E-state index contributed by atoms with van der Waals surface area (Å²) in [6, 6.07) is 20.2. The molecule has 12 heteroatoms. The molecule has 0 amide bonds. The number of nitrogens with two attached hydrogens (primary N) is 1.